The van der Waals surface area contributed by atoms with E-state index in [9.17, 15) is 18.0 Å². The molecule has 0 saturated carbocycles. The molecule has 2 aliphatic rings. The Kier molecular flexibility index (Phi) is 4.51. The summed E-state index contributed by atoms with van der Waals surface area (Å²) in [5.41, 5.74) is 1.40. The molecule has 0 aromatic carbocycles. The molecule has 4 heterocycles. The molecule has 0 spiro atoms. The fourth-order valence-electron chi connectivity index (χ4n) is 3.91. The molecule has 1 N–H and O–H groups in total. The van der Waals surface area contributed by atoms with Gasteiger partial charge >= 0.3 is 6.18 Å². The molecule has 0 radical (unpaired) electrons. The van der Waals surface area contributed by atoms with E-state index in [0.29, 0.717) is 30.2 Å². The first-order valence-corrected chi connectivity index (χ1v) is 9.26. The maximum Gasteiger partial charge on any atom is 0.410 e. The molecular weight excluding hydrogens is 373 g/mol. The number of hydrogen-bond acceptors (Lipinski definition) is 5. The average molecular weight is 394 g/mol. The Labute approximate surface area is 160 Å². The summed E-state index contributed by atoms with van der Waals surface area (Å²) in [5, 5.41) is 7.32. The third kappa shape index (κ3) is 3.31. The second-order valence-corrected chi connectivity index (χ2v) is 7.44. The van der Waals surface area contributed by atoms with Crippen LogP contribution in [0.2, 0.25) is 0 Å². The van der Waals surface area contributed by atoms with E-state index in [2.05, 4.69) is 20.4 Å². The van der Waals surface area contributed by atoms with Gasteiger partial charge in [-0.3, -0.25) is 9.78 Å². The third-order valence-electron chi connectivity index (χ3n) is 5.25. The van der Waals surface area contributed by atoms with E-state index in [4.69, 9.17) is 0 Å². The van der Waals surface area contributed by atoms with Gasteiger partial charge < -0.3 is 10.2 Å². The van der Waals surface area contributed by atoms with Crippen LogP contribution in [0.5, 0.6) is 0 Å². The van der Waals surface area contributed by atoms with Gasteiger partial charge in [-0.2, -0.15) is 18.3 Å². The molecule has 0 bridgehead atoms. The molecular formula is C18H21F3N6O. The summed E-state index contributed by atoms with van der Waals surface area (Å²) in [5.74, 6) is 0.0557. The predicted octanol–water partition coefficient (Wildman–Crippen LogP) is 3.27. The van der Waals surface area contributed by atoms with E-state index in [0.717, 1.165) is 11.1 Å². The minimum absolute atomic E-state index is 0.0795. The Morgan fingerprint density at radius 1 is 1.29 bits per heavy atom. The number of alkyl halides is 3. The molecule has 7 nitrogen and oxygen atoms in total. The van der Waals surface area contributed by atoms with Crippen molar-refractivity contribution in [1.82, 2.24) is 24.6 Å². The van der Waals surface area contributed by atoms with Gasteiger partial charge in [0, 0.05) is 24.8 Å². The van der Waals surface area contributed by atoms with E-state index in [-0.39, 0.29) is 30.1 Å². The van der Waals surface area contributed by atoms with Crippen LogP contribution in [0.25, 0.3) is 0 Å². The number of amides is 1. The number of rotatable bonds is 2. The molecule has 3 atom stereocenters. The normalized spacial score (nSPS) is 24.8. The molecule has 2 aliphatic heterocycles. The highest BCUT2D eigenvalue weighted by Crippen LogP contribution is 2.41. The van der Waals surface area contributed by atoms with Gasteiger partial charge in [-0.25, -0.2) is 9.67 Å². The Morgan fingerprint density at radius 2 is 2.07 bits per heavy atom. The molecule has 1 unspecified atom stereocenters. The molecule has 1 amide bonds. The van der Waals surface area contributed by atoms with E-state index < -0.39 is 12.2 Å². The average Bonchev–Trinajstić information content (AvgIpc) is 3.26. The van der Waals surface area contributed by atoms with Crippen molar-refractivity contribution >= 4 is 11.7 Å². The highest BCUT2D eigenvalue weighted by molar-refractivity contribution is 5.92. The van der Waals surface area contributed by atoms with Crippen molar-refractivity contribution in [2.75, 3.05) is 11.9 Å². The predicted molar refractivity (Wildman–Crippen MR) is 94.8 cm³/mol. The van der Waals surface area contributed by atoms with Gasteiger partial charge in [0.2, 0.25) is 0 Å². The van der Waals surface area contributed by atoms with Crippen LogP contribution in [0, 0.1) is 6.92 Å². The molecule has 1 fully saturated rings. The number of halogens is 3. The van der Waals surface area contributed by atoms with Gasteiger partial charge in [0.1, 0.15) is 11.5 Å². The van der Waals surface area contributed by atoms with Gasteiger partial charge in [-0.1, -0.05) is 0 Å². The van der Waals surface area contributed by atoms with E-state index in [1.54, 1.807) is 24.8 Å². The zero-order valence-electron chi connectivity index (χ0n) is 15.6. The largest absolute Gasteiger partial charge is 0.410 e. The SMILES string of the molecule is Cc1cnc(C(=O)N2CCCC2c2cc3n(n2)[C@@H](C(F)(F)F)C[C@@H](C)N3)cn1. The lowest BCUT2D eigenvalue weighted by Gasteiger charge is -2.31. The fraction of sp³-hybridized carbons (Fsp3) is 0.556. The summed E-state index contributed by atoms with van der Waals surface area (Å²) >= 11 is 0. The van der Waals surface area contributed by atoms with Crippen molar-refractivity contribution in [1.29, 1.82) is 0 Å². The van der Waals surface area contributed by atoms with Crippen LogP contribution in [0.4, 0.5) is 19.0 Å². The summed E-state index contributed by atoms with van der Waals surface area (Å²) in [4.78, 5) is 22.7. The van der Waals surface area contributed by atoms with Crippen LogP contribution in [0.1, 0.15) is 60.1 Å². The maximum atomic E-state index is 13.5. The van der Waals surface area contributed by atoms with Crippen LogP contribution in [0.15, 0.2) is 18.5 Å². The zero-order chi connectivity index (χ0) is 20.1. The van der Waals surface area contributed by atoms with Crippen LogP contribution in [-0.4, -0.2) is 49.3 Å². The molecule has 150 valence electrons. The van der Waals surface area contributed by atoms with E-state index in [1.807, 2.05) is 0 Å². The van der Waals surface area contributed by atoms with E-state index in [1.165, 1.54) is 12.4 Å². The van der Waals surface area contributed by atoms with Crippen molar-refractivity contribution in [3.05, 3.63) is 35.5 Å². The number of carbonyl (C=O) groups excluding carboxylic acids is 1. The number of nitrogens with one attached hydrogen (secondary N) is 1. The summed E-state index contributed by atoms with van der Waals surface area (Å²) in [6.07, 6.45) is -0.111. The minimum atomic E-state index is -4.38. The van der Waals surface area contributed by atoms with Gasteiger partial charge in [-0.05, 0) is 33.1 Å². The second-order valence-electron chi connectivity index (χ2n) is 7.44. The standard InChI is InChI=1S/C18H21F3N6O/c1-10-6-15(18(19,20)21)27-16(24-10)7-12(25-27)14-4-3-5-26(14)17(28)13-9-22-11(2)8-23-13/h7-10,14-15,24H,3-6H2,1-2H3/t10-,14?,15-/m1/s1. The fourth-order valence-corrected chi connectivity index (χ4v) is 3.91. The lowest BCUT2D eigenvalue weighted by atomic mass is 10.1. The first-order valence-electron chi connectivity index (χ1n) is 9.26. The highest BCUT2D eigenvalue weighted by atomic mass is 19.4. The van der Waals surface area contributed by atoms with Gasteiger partial charge in [0.25, 0.3) is 5.91 Å². The molecule has 0 aliphatic carbocycles. The molecule has 4 rings (SSSR count). The Hall–Kier alpha value is -2.65. The lowest BCUT2D eigenvalue weighted by Crippen LogP contribution is -2.38. The number of nitrogens with zero attached hydrogens (tertiary/aromatic N) is 5. The lowest BCUT2D eigenvalue weighted by molar-refractivity contribution is -0.173. The maximum absolute atomic E-state index is 13.5. The monoisotopic (exact) mass is 394 g/mol. The number of anilines is 1. The topological polar surface area (TPSA) is 75.9 Å². The third-order valence-corrected chi connectivity index (χ3v) is 5.25. The molecule has 1 saturated heterocycles. The van der Waals surface area contributed by atoms with Crippen molar-refractivity contribution in [2.45, 2.75) is 57.4 Å². The van der Waals surface area contributed by atoms with Crippen LogP contribution in [-0.2, 0) is 0 Å². The zero-order valence-corrected chi connectivity index (χ0v) is 15.6. The van der Waals surface area contributed by atoms with Crippen molar-refractivity contribution in [3.8, 4) is 0 Å². The molecule has 2 aromatic heterocycles. The Balaban J connectivity index is 1.64. The first-order chi connectivity index (χ1) is 13.2. The van der Waals surface area contributed by atoms with Gasteiger partial charge in [0.05, 0.1) is 23.6 Å². The number of carbonyl (C=O) groups is 1. The highest BCUT2D eigenvalue weighted by Gasteiger charge is 2.46. The summed E-state index contributed by atoms with van der Waals surface area (Å²) in [6.45, 7) is 4.00. The Morgan fingerprint density at radius 3 is 2.75 bits per heavy atom. The minimum Gasteiger partial charge on any atom is -0.368 e. The number of likely N-dealkylation sites (tertiary alicyclic amines) is 1. The number of aryl methyl sites for hydroxylation is 1. The molecule has 28 heavy (non-hydrogen) atoms. The summed E-state index contributed by atoms with van der Waals surface area (Å²) in [6, 6.07) is -0.723. The van der Waals surface area contributed by atoms with Crippen LogP contribution < -0.4 is 5.32 Å². The molecule has 10 heteroatoms. The first kappa shape index (κ1) is 18.7. The van der Waals surface area contributed by atoms with E-state index >= 15 is 0 Å². The second kappa shape index (κ2) is 6.75. The summed E-state index contributed by atoms with van der Waals surface area (Å²) < 4.78 is 41.4. The van der Waals surface area contributed by atoms with Crippen molar-refractivity contribution < 1.29 is 18.0 Å². The number of aromatic nitrogens is 4. The Bertz CT molecular complexity index is 878. The summed E-state index contributed by atoms with van der Waals surface area (Å²) in [7, 11) is 0. The molecule has 2 aromatic rings. The van der Waals surface area contributed by atoms with Gasteiger partial charge in [-0.15, -0.1) is 0 Å². The smallest absolute Gasteiger partial charge is 0.368 e. The number of hydrogen-bond donors (Lipinski definition) is 1. The van der Waals surface area contributed by atoms with Crippen molar-refractivity contribution in [2.24, 2.45) is 0 Å². The number of fused-ring (bicyclic) bond motifs is 1. The van der Waals surface area contributed by atoms with Crippen LogP contribution in [0.3, 0.4) is 0 Å². The van der Waals surface area contributed by atoms with Gasteiger partial charge in [0.15, 0.2) is 6.04 Å². The van der Waals surface area contributed by atoms with Crippen LogP contribution >= 0.6 is 0 Å². The van der Waals surface area contributed by atoms with Crippen molar-refractivity contribution in [3.63, 3.8) is 0 Å². The quantitative estimate of drug-likeness (QED) is 0.846.